The highest BCUT2D eigenvalue weighted by molar-refractivity contribution is 5.57. The van der Waals surface area contributed by atoms with E-state index < -0.39 is 0 Å². The summed E-state index contributed by atoms with van der Waals surface area (Å²) < 4.78 is 0. The number of benzene rings is 1. The predicted octanol–water partition coefficient (Wildman–Crippen LogP) is 4.53. The molecule has 1 aromatic carbocycles. The average molecular weight is 269 g/mol. The zero-order valence-corrected chi connectivity index (χ0v) is 13.1. The number of hydrogen-bond acceptors (Lipinski definition) is 1. The molecule has 1 aliphatic carbocycles. The summed E-state index contributed by atoms with van der Waals surface area (Å²) >= 11 is 0. The maximum Gasteiger partial charge on any atom is 0.00785 e. The van der Waals surface area contributed by atoms with Gasteiger partial charge in [-0.25, -0.2) is 0 Å². The van der Waals surface area contributed by atoms with Gasteiger partial charge in [-0.1, -0.05) is 51.1 Å². The van der Waals surface area contributed by atoms with Crippen molar-refractivity contribution >= 4 is 6.08 Å². The number of fused-ring (bicyclic) bond motifs is 1. The lowest BCUT2D eigenvalue weighted by Gasteiger charge is -2.23. The minimum atomic E-state index is 0.424. The molecule has 0 radical (unpaired) electrons. The molecule has 0 spiro atoms. The van der Waals surface area contributed by atoms with Gasteiger partial charge in [0.25, 0.3) is 0 Å². The van der Waals surface area contributed by atoms with Gasteiger partial charge in [0.1, 0.15) is 0 Å². The second-order valence-corrected chi connectivity index (χ2v) is 7.70. The van der Waals surface area contributed by atoms with Crippen LogP contribution in [-0.2, 0) is 6.42 Å². The lowest BCUT2D eigenvalue weighted by atomic mass is 9.85. The molecule has 1 heterocycles. The molecule has 1 aromatic rings. The van der Waals surface area contributed by atoms with Crippen molar-refractivity contribution < 1.29 is 0 Å². The molecule has 2 atom stereocenters. The number of rotatable bonds is 2. The molecule has 0 bridgehead atoms. The Bertz CT molecular complexity index is 507. The highest BCUT2D eigenvalue weighted by Crippen LogP contribution is 2.33. The molecule has 0 saturated carbocycles. The lowest BCUT2D eigenvalue weighted by molar-refractivity contribution is 0.324. The predicted molar refractivity (Wildman–Crippen MR) is 87.0 cm³/mol. The van der Waals surface area contributed by atoms with Gasteiger partial charge in [0, 0.05) is 12.6 Å². The first kappa shape index (κ1) is 13.9. The van der Waals surface area contributed by atoms with E-state index in [1.165, 1.54) is 31.2 Å². The van der Waals surface area contributed by atoms with Crippen molar-refractivity contribution in [2.24, 2.45) is 5.41 Å². The summed E-state index contributed by atoms with van der Waals surface area (Å²) in [5.74, 6) is 0.707. The summed E-state index contributed by atoms with van der Waals surface area (Å²) in [5.41, 5.74) is 4.94. The maximum absolute atomic E-state index is 3.73. The molecular formula is C19H27N. The molecule has 3 rings (SSSR count). The maximum atomic E-state index is 3.73. The fraction of sp³-hybridized carbons (Fsp3) is 0.579. The smallest absolute Gasteiger partial charge is 0.00785 e. The van der Waals surface area contributed by atoms with Crippen LogP contribution >= 0.6 is 0 Å². The molecule has 20 heavy (non-hydrogen) atoms. The van der Waals surface area contributed by atoms with Crippen LogP contribution in [0.4, 0.5) is 0 Å². The van der Waals surface area contributed by atoms with Crippen LogP contribution in [0.25, 0.3) is 6.08 Å². The molecule has 1 nitrogen and oxygen atoms in total. The van der Waals surface area contributed by atoms with E-state index in [1.54, 1.807) is 11.1 Å². The van der Waals surface area contributed by atoms with Crippen molar-refractivity contribution in [2.45, 2.75) is 58.4 Å². The van der Waals surface area contributed by atoms with Crippen molar-refractivity contribution in [3.63, 3.8) is 0 Å². The lowest BCUT2D eigenvalue weighted by Crippen LogP contribution is -2.26. The number of nitrogens with one attached hydrogen (secondary N) is 1. The number of hydrogen-bond donors (Lipinski definition) is 1. The van der Waals surface area contributed by atoms with E-state index >= 15 is 0 Å². The van der Waals surface area contributed by atoms with Crippen molar-refractivity contribution in [3.05, 3.63) is 41.0 Å². The summed E-state index contributed by atoms with van der Waals surface area (Å²) in [5, 5.41) is 3.73. The SMILES string of the molecule is CC(C)(C)CC1CC(c2ccc3c(c2)CCC=C3)CN1. The van der Waals surface area contributed by atoms with Crippen LogP contribution in [-0.4, -0.2) is 12.6 Å². The molecule has 0 aromatic heterocycles. The Hall–Kier alpha value is -1.08. The van der Waals surface area contributed by atoms with Crippen LogP contribution in [0.1, 0.15) is 62.6 Å². The Balaban J connectivity index is 1.70. The fourth-order valence-electron chi connectivity index (χ4n) is 3.68. The standard InChI is InChI=1S/C19H27N/c1-19(2,3)12-18-11-17(13-20-18)16-9-8-14-6-4-5-7-15(14)10-16/h4,6,8-10,17-18,20H,5,7,11-13H2,1-3H3. The summed E-state index contributed by atoms with van der Waals surface area (Å²) in [6.07, 6.45) is 9.55. The van der Waals surface area contributed by atoms with E-state index in [9.17, 15) is 0 Å². The van der Waals surface area contributed by atoms with E-state index in [0.29, 0.717) is 17.4 Å². The molecule has 1 fully saturated rings. The Labute approximate surface area is 123 Å². The van der Waals surface area contributed by atoms with Gasteiger partial charge in [-0.3, -0.25) is 0 Å². The largest absolute Gasteiger partial charge is 0.313 e. The second-order valence-electron chi connectivity index (χ2n) is 7.70. The molecule has 2 aliphatic rings. The first-order valence-corrected chi connectivity index (χ1v) is 8.04. The molecule has 0 amide bonds. The van der Waals surface area contributed by atoms with Crippen molar-refractivity contribution in [1.82, 2.24) is 5.32 Å². The van der Waals surface area contributed by atoms with E-state index in [2.05, 4.69) is 56.4 Å². The third kappa shape index (κ3) is 3.15. The van der Waals surface area contributed by atoms with Crippen molar-refractivity contribution in [2.75, 3.05) is 6.54 Å². The molecule has 108 valence electrons. The van der Waals surface area contributed by atoms with Crippen LogP contribution in [0, 0.1) is 5.41 Å². The van der Waals surface area contributed by atoms with Gasteiger partial charge in [-0.05, 0) is 53.7 Å². The summed E-state index contributed by atoms with van der Waals surface area (Å²) in [6.45, 7) is 8.17. The quantitative estimate of drug-likeness (QED) is 0.832. The van der Waals surface area contributed by atoms with Gasteiger partial charge in [0.2, 0.25) is 0 Å². The highest BCUT2D eigenvalue weighted by atomic mass is 14.9. The first-order valence-electron chi connectivity index (χ1n) is 8.04. The monoisotopic (exact) mass is 269 g/mol. The summed E-state index contributed by atoms with van der Waals surface area (Å²) in [6, 6.07) is 7.82. The van der Waals surface area contributed by atoms with Gasteiger partial charge in [0.15, 0.2) is 0 Å². The van der Waals surface area contributed by atoms with Crippen LogP contribution in [0.15, 0.2) is 24.3 Å². The van der Waals surface area contributed by atoms with Gasteiger partial charge < -0.3 is 5.32 Å². The van der Waals surface area contributed by atoms with Crippen molar-refractivity contribution in [3.8, 4) is 0 Å². The van der Waals surface area contributed by atoms with Gasteiger partial charge in [-0.15, -0.1) is 0 Å². The van der Waals surface area contributed by atoms with E-state index in [4.69, 9.17) is 0 Å². The molecule has 1 saturated heterocycles. The minimum Gasteiger partial charge on any atom is -0.313 e. The second kappa shape index (κ2) is 5.37. The molecule has 1 heteroatoms. The van der Waals surface area contributed by atoms with Gasteiger partial charge in [-0.2, -0.15) is 0 Å². The average Bonchev–Trinajstić information content (AvgIpc) is 2.84. The zero-order valence-electron chi connectivity index (χ0n) is 13.1. The molecular weight excluding hydrogens is 242 g/mol. The first-order chi connectivity index (χ1) is 9.51. The fourth-order valence-corrected chi connectivity index (χ4v) is 3.68. The van der Waals surface area contributed by atoms with Gasteiger partial charge >= 0.3 is 0 Å². The minimum absolute atomic E-state index is 0.424. The Morgan fingerprint density at radius 1 is 1.25 bits per heavy atom. The molecule has 2 unspecified atom stereocenters. The zero-order chi connectivity index (χ0) is 14.2. The topological polar surface area (TPSA) is 12.0 Å². The third-order valence-corrected chi connectivity index (χ3v) is 4.60. The van der Waals surface area contributed by atoms with Crippen LogP contribution in [0.2, 0.25) is 0 Å². The van der Waals surface area contributed by atoms with Crippen LogP contribution < -0.4 is 5.32 Å². The third-order valence-electron chi connectivity index (χ3n) is 4.60. The van der Waals surface area contributed by atoms with Crippen molar-refractivity contribution in [1.29, 1.82) is 0 Å². The van der Waals surface area contributed by atoms with E-state index in [-0.39, 0.29) is 0 Å². The van der Waals surface area contributed by atoms with E-state index in [1.807, 2.05) is 0 Å². The normalized spacial score (nSPS) is 25.8. The van der Waals surface area contributed by atoms with E-state index in [0.717, 1.165) is 6.54 Å². The summed E-state index contributed by atoms with van der Waals surface area (Å²) in [4.78, 5) is 0. The van der Waals surface area contributed by atoms with Gasteiger partial charge in [0.05, 0.1) is 0 Å². The van der Waals surface area contributed by atoms with Crippen LogP contribution in [0.5, 0.6) is 0 Å². The molecule has 1 N–H and O–H groups in total. The highest BCUT2D eigenvalue weighted by Gasteiger charge is 2.28. The van der Waals surface area contributed by atoms with Crippen LogP contribution in [0.3, 0.4) is 0 Å². The summed E-state index contributed by atoms with van der Waals surface area (Å²) in [7, 11) is 0. The Kier molecular flexibility index (Phi) is 3.72. The Morgan fingerprint density at radius 2 is 2.10 bits per heavy atom. The molecule has 1 aliphatic heterocycles. The Morgan fingerprint density at radius 3 is 2.90 bits per heavy atom. The number of allylic oxidation sites excluding steroid dienone is 1. The number of aryl methyl sites for hydroxylation is 1.